The van der Waals surface area contributed by atoms with E-state index < -0.39 is 12.0 Å². The molecule has 0 spiro atoms. The largest absolute Gasteiger partial charge is 0.480 e. The molecule has 2 N–H and O–H groups in total. The maximum absolute atomic E-state index is 12.0. The second kappa shape index (κ2) is 7.60. The maximum atomic E-state index is 12.0. The SMILES string of the molecule is O=C(O)C(c1cnc(-c2ccccc2)[nH]1)N1CCN(C2CCCC2)CC1. The van der Waals surface area contributed by atoms with Gasteiger partial charge in [0, 0.05) is 37.8 Å². The zero-order valence-corrected chi connectivity index (χ0v) is 15.0. The van der Waals surface area contributed by atoms with E-state index in [-0.39, 0.29) is 0 Å². The lowest BCUT2D eigenvalue weighted by Crippen LogP contribution is -2.51. The van der Waals surface area contributed by atoms with Crippen LogP contribution in [0.15, 0.2) is 36.5 Å². The molecule has 2 heterocycles. The fourth-order valence-electron chi connectivity index (χ4n) is 4.33. The third kappa shape index (κ3) is 3.52. The molecule has 1 aromatic heterocycles. The number of nitrogens with one attached hydrogen (secondary N) is 1. The number of benzene rings is 1. The molecule has 0 radical (unpaired) electrons. The standard InChI is InChI=1S/C20H26N4O2/c25-20(26)18(17-14-21-19(22-17)15-6-2-1-3-7-15)24-12-10-23(11-13-24)16-8-4-5-9-16/h1-3,6-7,14,16,18H,4-5,8-13H2,(H,21,22)(H,25,26). The molecule has 6 heteroatoms. The van der Waals surface area contributed by atoms with Crippen LogP contribution in [-0.2, 0) is 4.79 Å². The zero-order chi connectivity index (χ0) is 17.9. The monoisotopic (exact) mass is 354 g/mol. The van der Waals surface area contributed by atoms with Gasteiger partial charge >= 0.3 is 5.97 Å². The average molecular weight is 354 g/mol. The van der Waals surface area contributed by atoms with Crippen molar-refractivity contribution in [3.8, 4) is 11.4 Å². The molecule has 2 aromatic rings. The van der Waals surface area contributed by atoms with Gasteiger partial charge in [0.05, 0.1) is 11.9 Å². The second-order valence-corrected chi connectivity index (χ2v) is 7.30. The number of aromatic nitrogens is 2. The molecule has 1 atom stereocenters. The predicted octanol–water partition coefficient (Wildman–Crippen LogP) is 2.76. The number of piperazine rings is 1. The fraction of sp³-hybridized carbons (Fsp3) is 0.500. The summed E-state index contributed by atoms with van der Waals surface area (Å²) in [6.45, 7) is 3.47. The van der Waals surface area contributed by atoms with Crippen molar-refractivity contribution in [2.24, 2.45) is 0 Å². The smallest absolute Gasteiger partial charge is 0.327 e. The van der Waals surface area contributed by atoms with E-state index in [0.29, 0.717) is 11.7 Å². The van der Waals surface area contributed by atoms with Gasteiger partial charge in [0.1, 0.15) is 5.82 Å². The third-order valence-electron chi connectivity index (χ3n) is 5.73. The van der Waals surface area contributed by atoms with Gasteiger partial charge in [0.25, 0.3) is 0 Å². The Morgan fingerprint density at radius 2 is 1.81 bits per heavy atom. The number of carboxylic acids is 1. The summed E-state index contributed by atoms with van der Waals surface area (Å²) in [4.78, 5) is 24.2. The van der Waals surface area contributed by atoms with Crippen molar-refractivity contribution in [1.82, 2.24) is 19.8 Å². The molecule has 1 saturated heterocycles. The van der Waals surface area contributed by atoms with Crippen LogP contribution in [-0.4, -0.2) is 63.1 Å². The molecule has 4 rings (SSSR count). The summed E-state index contributed by atoms with van der Waals surface area (Å²) in [5, 5.41) is 9.83. The summed E-state index contributed by atoms with van der Waals surface area (Å²) in [5.74, 6) is -0.0981. The van der Waals surface area contributed by atoms with Crippen LogP contribution < -0.4 is 0 Å². The van der Waals surface area contributed by atoms with Crippen LogP contribution in [0.1, 0.15) is 37.4 Å². The van der Waals surface area contributed by atoms with E-state index in [1.165, 1.54) is 25.7 Å². The Morgan fingerprint density at radius 3 is 2.46 bits per heavy atom. The minimum atomic E-state index is -0.817. The number of hydrogen-bond acceptors (Lipinski definition) is 4. The zero-order valence-electron chi connectivity index (χ0n) is 15.0. The minimum absolute atomic E-state index is 0.658. The number of imidazole rings is 1. The molecular formula is C20H26N4O2. The van der Waals surface area contributed by atoms with Crippen LogP contribution in [0.4, 0.5) is 0 Å². The number of carboxylic acid groups (broad SMARTS) is 1. The van der Waals surface area contributed by atoms with Crippen LogP contribution in [0.25, 0.3) is 11.4 Å². The molecule has 0 bridgehead atoms. The number of aliphatic carboxylic acids is 1. The first kappa shape index (κ1) is 17.2. The first-order chi connectivity index (χ1) is 12.7. The van der Waals surface area contributed by atoms with Crippen LogP contribution in [0, 0.1) is 0 Å². The van der Waals surface area contributed by atoms with Gasteiger partial charge in [-0.15, -0.1) is 0 Å². The number of nitrogens with zero attached hydrogens (tertiary/aromatic N) is 3. The second-order valence-electron chi connectivity index (χ2n) is 7.30. The van der Waals surface area contributed by atoms with E-state index in [4.69, 9.17) is 0 Å². The van der Waals surface area contributed by atoms with Crippen LogP contribution in [0.2, 0.25) is 0 Å². The van der Waals surface area contributed by atoms with Gasteiger partial charge in [-0.1, -0.05) is 43.2 Å². The van der Waals surface area contributed by atoms with Gasteiger partial charge in [-0.3, -0.25) is 14.6 Å². The topological polar surface area (TPSA) is 72.5 Å². The highest BCUT2D eigenvalue weighted by Gasteiger charge is 2.34. The normalized spacial score (nSPS) is 21.1. The lowest BCUT2D eigenvalue weighted by molar-refractivity contribution is -0.144. The molecule has 6 nitrogen and oxygen atoms in total. The fourth-order valence-corrected chi connectivity index (χ4v) is 4.33. The lowest BCUT2D eigenvalue weighted by Gasteiger charge is -2.40. The first-order valence-corrected chi connectivity index (χ1v) is 9.53. The van der Waals surface area contributed by atoms with Gasteiger partial charge < -0.3 is 10.1 Å². The van der Waals surface area contributed by atoms with E-state index in [1.54, 1.807) is 6.20 Å². The molecular weight excluding hydrogens is 328 g/mol. The van der Waals surface area contributed by atoms with Crippen molar-refractivity contribution in [1.29, 1.82) is 0 Å². The van der Waals surface area contributed by atoms with Gasteiger partial charge in [0.15, 0.2) is 6.04 Å². The minimum Gasteiger partial charge on any atom is -0.480 e. The molecule has 1 aliphatic carbocycles. The summed E-state index contributed by atoms with van der Waals surface area (Å²) in [7, 11) is 0. The Labute approximate surface area is 153 Å². The average Bonchev–Trinajstić information content (AvgIpc) is 3.35. The van der Waals surface area contributed by atoms with Crippen LogP contribution in [0.5, 0.6) is 0 Å². The van der Waals surface area contributed by atoms with Crippen molar-refractivity contribution in [2.45, 2.75) is 37.8 Å². The Bertz CT molecular complexity index is 731. The molecule has 138 valence electrons. The van der Waals surface area contributed by atoms with Gasteiger partial charge in [0.2, 0.25) is 0 Å². The summed E-state index contributed by atoms with van der Waals surface area (Å²) in [6, 6.07) is 9.85. The van der Waals surface area contributed by atoms with Crippen molar-refractivity contribution in [3.05, 3.63) is 42.2 Å². The van der Waals surface area contributed by atoms with E-state index >= 15 is 0 Å². The number of rotatable bonds is 5. The molecule has 2 fully saturated rings. The van der Waals surface area contributed by atoms with Gasteiger partial charge in [-0.2, -0.15) is 0 Å². The molecule has 1 aromatic carbocycles. The molecule has 1 unspecified atom stereocenters. The molecule has 0 amide bonds. The van der Waals surface area contributed by atoms with Crippen molar-refractivity contribution in [2.75, 3.05) is 26.2 Å². The van der Waals surface area contributed by atoms with Gasteiger partial charge in [-0.25, -0.2) is 4.98 Å². The predicted molar refractivity (Wildman–Crippen MR) is 99.8 cm³/mol. The quantitative estimate of drug-likeness (QED) is 0.864. The summed E-state index contributed by atoms with van der Waals surface area (Å²) < 4.78 is 0. The van der Waals surface area contributed by atoms with E-state index in [9.17, 15) is 9.90 Å². The van der Waals surface area contributed by atoms with Crippen molar-refractivity contribution >= 4 is 5.97 Å². The number of carbonyl (C=O) groups is 1. The van der Waals surface area contributed by atoms with Gasteiger partial charge in [-0.05, 0) is 12.8 Å². The van der Waals surface area contributed by atoms with E-state index in [1.807, 2.05) is 30.3 Å². The summed E-state index contributed by atoms with van der Waals surface area (Å²) >= 11 is 0. The van der Waals surface area contributed by atoms with Crippen LogP contribution in [0.3, 0.4) is 0 Å². The Morgan fingerprint density at radius 1 is 1.12 bits per heavy atom. The van der Waals surface area contributed by atoms with Crippen molar-refractivity contribution in [3.63, 3.8) is 0 Å². The molecule has 1 aliphatic heterocycles. The molecule has 2 aliphatic rings. The van der Waals surface area contributed by atoms with E-state index in [0.717, 1.165) is 37.6 Å². The Hall–Kier alpha value is -2.18. The molecule has 26 heavy (non-hydrogen) atoms. The first-order valence-electron chi connectivity index (χ1n) is 9.53. The summed E-state index contributed by atoms with van der Waals surface area (Å²) in [6.07, 6.45) is 6.93. The highest BCUT2D eigenvalue weighted by Crippen LogP contribution is 2.28. The highest BCUT2D eigenvalue weighted by atomic mass is 16.4. The number of H-pyrrole nitrogens is 1. The Kier molecular flexibility index (Phi) is 5.04. The number of hydrogen-bond donors (Lipinski definition) is 2. The number of aromatic amines is 1. The Balaban J connectivity index is 1.47. The summed E-state index contributed by atoms with van der Waals surface area (Å²) in [5.41, 5.74) is 1.62. The van der Waals surface area contributed by atoms with Crippen molar-refractivity contribution < 1.29 is 9.90 Å². The molecule has 1 saturated carbocycles. The van der Waals surface area contributed by atoms with E-state index in [2.05, 4.69) is 19.8 Å². The maximum Gasteiger partial charge on any atom is 0.327 e. The van der Waals surface area contributed by atoms with Crippen LogP contribution >= 0.6 is 0 Å². The highest BCUT2D eigenvalue weighted by molar-refractivity contribution is 5.75. The lowest BCUT2D eigenvalue weighted by atomic mass is 10.1. The third-order valence-corrected chi connectivity index (χ3v) is 5.73.